The third-order valence-electron chi connectivity index (χ3n) is 4.81. The fourth-order valence-corrected chi connectivity index (χ4v) is 3.41. The molecule has 8 N–H and O–H groups in total. The van der Waals surface area contributed by atoms with Gasteiger partial charge in [0.15, 0.2) is 0 Å². The molecule has 2 aliphatic rings. The molecule has 6 nitrogen and oxygen atoms in total. The maximum absolute atomic E-state index is 5.97. The summed E-state index contributed by atoms with van der Waals surface area (Å²) in [6.45, 7) is 5.36. The Hall–Kier alpha value is -1.02. The summed E-state index contributed by atoms with van der Waals surface area (Å²) in [5, 5.41) is 0. The second-order valence-corrected chi connectivity index (χ2v) is 6.86. The van der Waals surface area contributed by atoms with Crippen LogP contribution in [0.4, 0.5) is 0 Å². The summed E-state index contributed by atoms with van der Waals surface area (Å²) in [4.78, 5) is 4.64. The number of hydrogen-bond acceptors (Lipinski definition) is 6. The van der Waals surface area contributed by atoms with E-state index < -0.39 is 0 Å². The first kappa shape index (κ1) is 15.9. The van der Waals surface area contributed by atoms with Crippen LogP contribution < -0.4 is 22.9 Å². The van der Waals surface area contributed by atoms with Crippen molar-refractivity contribution < 1.29 is 0 Å². The van der Waals surface area contributed by atoms with E-state index in [9.17, 15) is 0 Å². The average molecular weight is 304 g/mol. The number of nitrogens with two attached hydrogens (primary N) is 4. The minimum absolute atomic E-state index is 0.0999. The van der Waals surface area contributed by atoms with Gasteiger partial charge in [-0.3, -0.25) is 9.80 Å². The summed E-state index contributed by atoms with van der Waals surface area (Å²) in [5.74, 6) is 0. The van der Waals surface area contributed by atoms with Gasteiger partial charge in [-0.1, -0.05) is 24.3 Å². The molecule has 1 aromatic carbocycles. The van der Waals surface area contributed by atoms with Crippen molar-refractivity contribution in [3.05, 3.63) is 35.4 Å². The first-order valence-corrected chi connectivity index (χ1v) is 8.06. The van der Waals surface area contributed by atoms with E-state index in [1.54, 1.807) is 0 Å². The van der Waals surface area contributed by atoms with Crippen molar-refractivity contribution in [2.24, 2.45) is 22.9 Å². The first-order chi connectivity index (χ1) is 10.5. The third-order valence-corrected chi connectivity index (χ3v) is 4.81. The highest BCUT2D eigenvalue weighted by Crippen LogP contribution is 2.15. The first-order valence-electron chi connectivity index (χ1n) is 8.06. The van der Waals surface area contributed by atoms with Crippen molar-refractivity contribution in [2.75, 3.05) is 26.2 Å². The van der Waals surface area contributed by atoms with Crippen LogP contribution in [0.25, 0.3) is 0 Å². The Kier molecular flexibility index (Phi) is 4.77. The second kappa shape index (κ2) is 6.62. The predicted molar refractivity (Wildman–Crippen MR) is 88.9 cm³/mol. The maximum atomic E-state index is 5.97. The molecule has 122 valence electrons. The van der Waals surface area contributed by atoms with Crippen LogP contribution >= 0.6 is 0 Å². The van der Waals surface area contributed by atoms with Crippen LogP contribution in [-0.2, 0) is 13.1 Å². The lowest BCUT2D eigenvalue weighted by molar-refractivity contribution is 0.321. The standard InChI is InChI=1S/C16H28N6/c17-13-7-21(8-14(13)18)5-11-1-2-12(4-3-11)6-22-9-15(19)16(20)10-22/h1-4,13-16H,5-10,17-20H2/t13-,14-,15-,16-/m1/s1. The van der Waals surface area contributed by atoms with Gasteiger partial charge in [0.25, 0.3) is 0 Å². The monoisotopic (exact) mass is 304 g/mol. The topological polar surface area (TPSA) is 111 Å². The number of nitrogens with zero attached hydrogens (tertiary/aromatic N) is 2. The largest absolute Gasteiger partial charge is 0.325 e. The van der Waals surface area contributed by atoms with E-state index in [4.69, 9.17) is 22.9 Å². The van der Waals surface area contributed by atoms with E-state index in [-0.39, 0.29) is 24.2 Å². The van der Waals surface area contributed by atoms with Crippen molar-refractivity contribution in [2.45, 2.75) is 37.3 Å². The summed E-state index contributed by atoms with van der Waals surface area (Å²) in [7, 11) is 0. The molecule has 6 heteroatoms. The molecule has 0 aliphatic carbocycles. The molecule has 0 aromatic heterocycles. The highest BCUT2D eigenvalue weighted by Gasteiger charge is 2.27. The van der Waals surface area contributed by atoms with Gasteiger partial charge in [0.2, 0.25) is 0 Å². The van der Waals surface area contributed by atoms with Gasteiger partial charge in [0, 0.05) is 63.4 Å². The van der Waals surface area contributed by atoms with Crippen LogP contribution in [0.2, 0.25) is 0 Å². The van der Waals surface area contributed by atoms with E-state index in [1.807, 2.05) is 0 Å². The zero-order valence-corrected chi connectivity index (χ0v) is 13.1. The summed E-state index contributed by atoms with van der Waals surface area (Å²) in [5.41, 5.74) is 26.5. The van der Waals surface area contributed by atoms with Crippen LogP contribution in [0.5, 0.6) is 0 Å². The zero-order chi connectivity index (χ0) is 15.7. The summed E-state index contributed by atoms with van der Waals surface area (Å²) in [6, 6.07) is 9.18. The lowest BCUT2D eigenvalue weighted by Crippen LogP contribution is -2.39. The van der Waals surface area contributed by atoms with Crippen molar-refractivity contribution in [1.82, 2.24) is 9.80 Å². The van der Waals surface area contributed by atoms with Crippen LogP contribution in [-0.4, -0.2) is 60.1 Å². The summed E-state index contributed by atoms with van der Waals surface area (Å²) < 4.78 is 0. The summed E-state index contributed by atoms with van der Waals surface area (Å²) >= 11 is 0. The molecule has 0 radical (unpaired) electrons. The predicted octanol–water partition coefficient (Wildman–Crippen LogP) is -1.37. The molecule has 22 heavy (non-hydrogen) atoms. The molecule has 2 heterocycles. The molecule has 0 bridgehead atoms. The van der Waals surface area contributed by atoms with E-state index in [1.165, 1.54) is 11.1 Å². The quantitative estimate of drug-likeness (QED) is 0.546. The number of likely N-dealkylation sites (tertiary alicyclic amines) is 2. The van der Waals surface area contributed by atoms with Gasteiger partial charge in [-0.25, -0.2) is 0 Å². The fraction of sp³-hybridized carbons (Fsp3) is 0.625. The van der Waals surface area contributed by atoms with Crippen molar-refractivity contribution in [1.29, 1.82) is 0 Å². The van der Waals surface area contributed by atoms with Crippen molar-refractivity contribution in [3.8, 4) is 0 Å². The molecule has 4 atom stereocenters. The van der Waals surface area contributed by atoms with Crippen molar-refractivity contribution >= 4 is 0 Å². The molecule has 3 rings (SSSR count). The molecule has 0 amide bonds. The Bertz CT molecular complexity index is 425. The highest BCUT2D eigenvalue weighted by molar-refractivity contribution is 5.23. The summed E-state index contributed by atoms with van der Waals surface area (Å²) in [6.07, 6.45) is 0. The Morgan fingerprint density at radius 1 is 0.636 bits per heavy atom. The van der Waals surface area contributed by atoms with E-state index in [0.717, 1.165) is 39.3 Å². The normalized spacial score (nSPS) is 33.6. The van der Waals surface area contributed by atoms with Gasteiger partial charge in [0.05, 0.1) is 0 Å². The average Bonchev–Trinajstić information content (AvgIpc) is 2.95. The number of benzene rings is 1. The molecule has 0 saturated carbocycles. The Balaban J connectivity index is 1.52. The highest BCUT2D eigenvalue weighted by atomic mass is 15.2. The maximum Gasteiger partial charge on any atom is 0.0334 e. The fourth-order valence-electron chi connectivity index (χ4n) is 3.41. The lowest BCUT2D eigenvalue weighted by Gasteiger charge is -2.17. The molecule has 2 saturated heterocycles. The third kappa shape index (κ3) is 3.65. The molecule has 0 spiro atoms. The Labute approximate surface area is 132 Å². The minimum atomic E-state index is 0.0999. The van der Waals surface area contributed by atoms with Gasteiger partial charge >= 0.3 is 0 Å². The molecule has 1 aromatic rings. The SMILES string of the molecule is N[C@@H]1CN(Cc2ccc(CN3C[C@@H](N)[C@H](N)C3)cc2)C[C@H]1N. The minimum Gasteiger partial charge on any atom is -0.325 e. The molecule has 0 unspecified atom stereocenters. The molecular weight excluding hydrogens is 276 g/mol. The van der Waals surface area contributed by atoms with Crippen LogP contribution in [0.15, 0.2) is 24.3 Å². The molecule has 2 aliphatic heterocycles. The smallest absolute Gasteiger partial charge is 0.0334 e. The van der Waals surface area contributed by atoms with E-state index in [2.05, 4.69) is 34.1 Å². The van der Waals surface area contributed by atoms with Crippen LogP contribution in [0.1, 0.15) is 11.1 Å². The van der Waals surface area contributed by atoms with Crippen molar-refractivity contribution in [3.63, 3.8) is 0 Å². The van der Waals surface area contributed by atoms with Gasteiger partial charge in [-0.15, -0.1) is 0 Å². The lowest BCUT2D eigenvalue weighted by atomic mass is 10.1. The Morgan fingerprint density at radius 2 is 0.909 bits per heavy atom. The molecular formula is C16H28N6. The van der Waals surface area contributed by atoms with Gasteiger partial charge in [-0.05, 0) is 11.1 Å². The zero-order valence-electron chi connectivity index (χ0n) is 13.1. The van der Waals surface area contributed by atoms with Crippen LogP contribution in [0, 0.1) is 0 Å². The van der Waals surface area contributed by atoms with Gasteiger partial charge in [-0.2, -0.15) is 0 Å². The van der Waals surface area contributed by atoms with Crippen LogP contribution in [0.3, 0.4) is 0 Å². The van der Waals surface area contributed by atoms with E-state index >= 15 is 0 Å². The Morgan fingerprint density at radius 3 is 1.18 bits per heavy atom. The number of hydrogen-bond donors (Lipinski definition) is 4. The van der Waals surface area contributed by atoms with E-state index in [0.29, 0.717) is 0 Å². The van der Waals surface area contributed by atoms with Gasteiger partial charge in [0.1, 0.15) is 0 Å². The number of rotatable bonds is 4. The molecule has 2 fully saturated rings. The van der Waals surface area contributed by atoms with Gasteiger partial charge < -0.3 is 22.9 Å². The second-order valence-electron chi connectivity index (χ2n) is 6.86.